The summed E-state index contributed by atoms with van der Waals surface area (Å²) in [4.78, 5) is 29.4. The second-order valence-corrected chi connectivity index (χ2v) is 7.08. The van der Waals surface area contributed by atoms with Gasteiger partial charge in [-0.2, -0.15) is 0 Å². The van der Waals surface area contributed by atoms with Gasteiger partial charge in [-0.15, -0.1) is 24.8 Å². The normalized spacial score (nSPS) is 19.1. The molecule has 1 aliphatic rings. The Kier molecular flexibility index (Phi) is 10.7. The number of benzene rings is 1. The molecule has 1 heterocycles. The molecule has 0 bridgehead atoms. The number of pyridine rings is 1. The third-order valence-electron chi connectivity index (χ3n) is 4.95. The van der Waals surface area contributed by atoms with Crippen molar-refractivity contribution in [2.45, 2.75) is 50.2 Å². The molecule has 6 nitrogen and oxygen atoms in total. The summed E-state index contributed by atoms with van der Waals surface area (Å²) < 4.78 is 0. The zero-order valence-corrected chi connectivity index (χ0v) is 17.8. The molecule has 8 heteroatoms. The number of amides is 2. The molecule has 158 valence electrons. The summed E-state index contributed by atoms with van der Waals surface area (Å²) >= 11 is 0. The number of nitrogens with zero attached hydrogens (tertiary/aromatic N) is 1. The molecule has 1 aromatic heterocycles. The first kappa shape index (κ1) is 24.9. The van der Waals surface area contributed by atoms with E-state index in [2.05, 4.69) is 15.6 Å². The maximum atomic E-state index is 12.9. The Bertz CT molecular complexity index is 754. The van der Waals surface area contributed by atoms with Gasteiger partial charge in [-0.05, 0) is 43.4 Å². The molecule has 3 rings (SSSR count). The zero-order valence-electron chi connectivity index (χ0n) is 16.1. The molecule has 2 amide bonds. The van der Waals surface area contributed by atoms with Crippen molar-refractivity contribution in [1.82, 2.24) is 15.6 Å². The van der Waals surface area contributed by atoms with E-state index in [-0.39, 0.29) is 48.7 Å². The highest BCUT2D eigenvalue weighted by atomic mass is 35.5. The summed E-state index contributed by atoms with van der Waals surface area (Å²) in [6.07, 6.45) is 7.12. The first-order valence-electron chi connectivity index (χ1n) is 9.42. The van der Waals surface area contributed by atoms with Gasteiger partial charge in [0, 0.05) is 30.9 Å². The molecule has 1 aliphatic carbocycles. The third-order valence-corrected chi connectivity index (χ3v) is 4.95. The van der Waals surface area contributed by atoms with Gasteiger partial charge < -0.3 is 16.4 Å². The lowest BCUT2D eigenvalue weighted by Crippen LogP contribution is -2.51. The number of hydrogen-bond donors (Lipinski definition) is 3. The molecule has 0 spiro atoms. The Morgan fingerprint density at radius 1 is 1.03 bits per heavy atom. The van der Waals surface area contributed by atoms with Crippen LogP contribution in [0.25, 0.3) is 0 Å². The minimum atomic E-state index is -0.643. The SMILES string of the molecule is Cl.Cl.NC1CCC(NC(=O)C(Cc2ccccc2)NC(=O)c2cccnc2)CC1. The minimum absolute atomic E-state index is 0. The van der Waals surface area contributed by atoms with Crippen LogP contribution >= 0.6 is 24.8 Å². The van der Waals surface area contributed by atoms with E-state index >= 15 is 0 Å². The smallest absolute Gasteiger partial charge is 0.253 e. The Labute approximate surface area is 183 Å². The van der Waals surface area contributed by atoms with Gasteiger partial charge in [0.25, 0.3) is 5.91 Å². The van der Waals surface area contributed by atoms with Crippen LogP contribution in [0, 0.1) is 0 Å². The van der Waals surface area contributed by atoms with Crippen molar-refractivity contribution in [3.05, 3.63) is 66.0 Å². The lowest BCUT2D eigenvalue weighted by Gasteiger charge is -2.28. The monoisotopic (exact) mass is 438 g/mol. The van der Waals surface area contributed by atoms with E-state index < -0.39 is 6.04 Å². The average molecular weight is 439 g/mol. The highest BCUT2D eigenvalue weighted by molar-refractivity contribution is 5.97. The van der Waals surface area contributed by atoms with Crippen molar-refractivity contribution >= 4 is 36.6 Å². The third kappa shape index (κ3) is 7.65. The molecule has 1 atom stereocenters. The van der Waals surface area contributed by atoms with E-state index in [0.29, 0.717) is 12.0 Å². The number of aromatic nitrogens is 1. The molecule has 0 aliphatic heterocycles. The maximum Gasteiger partial charge on any atom is 0.253 e. The number of hydrogen-bond acceptors (Lipinski definition) is 4. The summed E-state index contributed by atoms with van der Waals surface area (Å²) in [5.41, 5.74) is 7.38. The van der Waals surface area contributed by atoms with Crippen LogP contribution < -0.4 is 16.4 Å². The van der Waals surface area contributed by atoms with E-state index in [4.69, 9.17) is 5.73 Å². The molecule has 1 fully saturated rings. The van der Waals surface area contributed by atoms with Crippen LogP contribution in [0.1, 0.15) is 41.6 Å². The average Bonchev–Trinajstić information content (AvgIpc) is 2.70. The predicted octanol–water partition coefficient (Wildman–Crippen LogP) is 2.65. The van der Waals surface area contributed by atoms with Crippen LogP contribution in [-0.2, 0) is 11.2 Å². The first-order chi connectivity index (χ1) is 13.1. The molecular formula is C21H28Cl2N4O2. The molecule has 1 aromatic carbocycles. The standard InChI is InChI=1S/C21H26N4O2.2ClH/c22-17-8-10-18(11-9-17)24-21(27)19(13-15-5-2-1-3-6-15)25-20(26)16-7-4-12-23-14-16;;/h1-7,12,14,17-19H,8-11,13,22H2,(H,24,27)(H,25,26);2*1H. The fourth-order valence-electron chi connectivity index (χ4n) is 3.36. The second-order valence-electron chi connectivity index (χ2n) is 7.08. The number of nitrogens with one attached hydrogen (secondary N) is 2. The fraction of sp³-hybridized carbons (Fsp3) is 0.381. The van der Waals surface area contributed by atoms with Gasteiger partial charge in [0.15, 0.2) is 0 Å². The van der Waals surface area contributed by atoms with Crippen molar-refractivity contribution < 1.29 is 9.59 Å². The van der Waals surface area contributed by atoms with Gasteiger partial charge in [0.05, 0.1) is 5.56 Å². The lowest BCUT2D eigenvalue weighted by molar-refractivity contribution is -0.123. The predicted molar refractivity (Wildman–Crippen MR) is 119 cm³/mol. The highest BCUT2D eigenvalue weighted by Gasteiger charge is 2.26. The summed E-state index contributed by atoms with van der Waals surface area (Å²) in [6, 6.07) is 12.8. The van der Waals surface area contributed by atoms with Crippen LogP contribution in [0.15, 0.2) is 54.9 Å². The van der Waals surface area contributed by atoms with Crippen LogP contribution in [0.5, 0.6) is 0 Å². The number of halogens is 2. The van der Waals surface area contributed by atoms with Crippen LogP contribution in [0.3, 0.4) is 0 Å². The van der Waals surface area contributed by atoms with Gasteiger partial charge in [-0.1, -0.05) is 30.3 Å². The zero-order chi connectivity index (χ0) is 19.1. The molecule has 29 heavy (non-hydrogen) atoms. The van der Waals surface area contributed by atoms with Crippen molar-refractivity contribution in [3.63, 3.8) is 0 Å². The number of carbonyl (C=O) groups excluding carboxylic acids is 2. The Balaban J connectivity index is 0.00000210. The summed E-state index contributed by atoms with van der Waals surface area (Å²) in [5, 5.41) is 5.96. The number of nitrogens with two attached hydrogens (primary N) is 1. The minimum Gasteiger partial charge on any atom is -0.352 e. The van der Waals surface area contributed by atoms with Crippen molar-refractivity contribution in [2.24, 2.45) is 5.73 Å². The summed E-state index contributed by atoms with van der Waals surface area (Å²) in [7, 11) is 0. The van der Waals surface area contributed by atoms with Gasteiger partial charge >= 0.3 is 0 Å². The van der Waals surface area contributed by atoms with Gasteiger partial charge in [0.1, 0.15) is 6.04 Å². The van der Waals surface area contributed by atoms with Crippen LogP contribution in [-0.4, -0.2) is 34.9 Å². The van der Waals surface area contributed by atoms with Crippen LogP contribution in [0.2, 0.25) is 0 Å². The maximum absolute atomic E-state index is 12.9. The Hall–Kier alpha value is -2.15. The summed E-state index contributed by atoms with van der Waals surface area (Å²) in [5.74, 6) is -0.457. The van der Waals surface area contributed by atoms with E-state index in [1.165, 1.54) is 6.20 Å². The molecule has 2 aromatic rings. The largest absolute Gasteiger partial charge is 0.352 e. The van der Waals surface area contributed by atoms with E-state index in [1.54, 1.807) is 18.3 Å². The van der Waals surface area contributed by atoms with Crippen molar-refractivity contribution in [3.8, 4) is 0 Å². The molecule has 0 saturated heterocycles. The van der Waals surface area contributed by atoms with Crippen molar-refractivity contribution in [1.29, 1.82) is 0 Å². The van der Waals surface area contributed by atoms with Crippen molar-refractivity contribution in [2.75, 3.05) is 0 Å². The first-order valence-corrected chi connectivity index (χ1v) is 9.42. The van der Waals surface area contributed by atoms with Crippen LogP contribution in [0.4, 0.5) is 0 Å². The molecular weight excluding hydrogens is 411 g/mol. The van der Waals surface area contributed by atoms with E-state index in [9.17, 15) is 9.59 Å². The lowest BCUT2D eigenvalue weighted by atomic mass is 9.91. The molecule has 1 saturated carbocycles. The second kappa shape index (κ2) is 12.4. The highest BCUT2D eigenvalue weighted by Crippen LogP contribution is 2.17. The van der Waals surface area contributed by atoms with Gasteiger partial charge in [-0.3, -0.25) is 14.6 Å². The Morgan fingerprint density at radius 2 is 1.72 bits per heavy atom. The number of rotatable bonds is 6. The molecule has 1 unspecified atom stereocenters. The molecule has 4 N–H and O–H groups in total. The Morgan fingerprint density at radius 3 is 2.34 bits per heavy atom. The quantitative estimate of drug-likeness (QED) is 0.645. The van der Waals surface area contributed by atoms with E-state index in [0.717, 1.165) is 31.2 Å². The van der Waals surface area contributed by atoms with E-state index in [1.807, 2.05) is 30.3 Å². The number of carbonyl (C=O) groups is 2. The fourth-order valence-corrected chi connectivity index (χ4v) is 3.36. The summed E-state index contributed by atoms with van der Waals surface area (Å²) in [6.45, 7) is 0. The van der Waals surface area contributed by atoms with Gasteiger partial charge in [-0.25, -0.2) is 0 Å². The topological polar surface area (TPSA) is 97.1 Å². The molecule has 0 radical (unpaired) electrons. The van der Waals surface area contributed by atoms with Gasteiger partial charge in [0.2, 0.25) is 5.91 Å².